The molecule has 1 amide bonds. The molecule has 0 spiro atoms. The number of alkyl halides is 2. The lowest BCUT2D eigenvalue weighted by Gasteiger charge is -2.14. The predicted octanol–water partition coefficient (Wildman–Crippen LogP) is 0.200. The van der Waals surface area contributed by atoms with Crippen LogP contribution in [0.3, 0.4) is 0 Å². The second kappa shape index (κ2) is 6.37. The van der Waals surface area contributed by atoms with Crippen LogP contribution in [-0.4, -0.2) is 39.4 Å². The Labute approximate surface area is 113 Å². The molecular weight excluding hydrogens is 276 g/mol. The molecule has 112 valence electrons. The molecule has 1 heterocycles. The molecule has 20 heavy (non-hydrogen) atoms. The number of nitrogens with two attached hydrogens (primary N) is 1. The molecule has 10 heteroatoms. The maximum Gasteiger partial charge on any atom is 0.381 e. The average Bonchev–Trinajstić information content (AvgIpc) is 2.76. The quantitative estimate of drug-likeness (QED) is 0.550. The second-order valence-electron chi connectivity index (χ2n) is 4.18. The monoisotopic (exact) mass is 291 g/mol. The summed E-state index contributed by atoms with van der Waals surface area (Å²) in [4.78, 5) is 24.9. The first-order valence-corrected chi connectivity index (χ1v) is 5.78. The minimum absolute atomic E-state index is 0.0883. The van der Waals surface area contributed by atoms with Crippen molar-refractivity contribution < 1.29 is 18.5 Å². The highest BCUT2D eigenvalue weighted by Crippen LogP contribution is 2.11. The van der Waals surface area contributed by atoms with Gasteiger partial charge < -0.3 is 25.7 Å². The third kappa shape index (κ3) is 4.53. The van der Waals surface area contributed by atoms with Crippen molar-refractivity contribution >= 4 is 11.7 Å². The summed E-state index contributed by atoms with van der Waals surface area (Å²) in [6.45, 7) is -0.00826. The molecule has 0 saturated carbocycles. The fraction of sp³-hybridized carbons (Fsp3) is 0.600. The first-order chi connectivity index (χ1) is 9.25. The Morgan fingerprint density at radius 2 is 2.30 bits per heavy atom. The largest absolute Gasteiger partial charge is 0.381 e. The Morgan fingerprint density at radius 1 is 1.65 bits per heavy atom. The summed E-state index contributed by atoms with van der Waals surface area (Å²) in [7, 11) is 0. The molecule has 0 aromatic carbocycles. The molecule has 0 radical (unpaired) electrons. The standard InChI is InChI=1S/C10H15F2N5O3/c1-7-15-8(17(19)20)4-16(7)3-2-9(18)14-6-10(11,12)5-13/h4H,2-3,5-6,13H2,1H3,(H,14,18). The number of carbonyl (C=O) groups is 1. The van der Waals surface area contributed by atoms with Gasteiger partial charge in [0.2, 0.25) is 11.7 Å². The number of nitrogens with zero attached hydrogens (tertiary/aromatic N) is 3. The summed E-state index contributed by atoms with van der Waals surface area (Å²) < 4.78 is 27.0. The fourth-order valence-corrected chi connectivity index (χ4v) is 1.42. The van der Waals surface area contributed by atoms with E-state index >= 15 is 0 Å². The maximum absolute atomic E-state index is 12.8. The van der Waals surface area contributed by atoms with Crippen LogP contribution in [-0.2, 0) is 11.3 Å². The number of nitro groups is 1. The van der Waals surface area contributed by atoms with E-state index in [1.54, 1.807) is 6.92 Å². The number of aromatic nitrogens is 2. The van der Waals surface area contributed by atoms with Gasteiger partial charge in [0, 0.05) is 19.9 Å². The molecule has 0 fully saturated rings. The van der Waals surface area contributed by atoms with Crippen molar-refractivity contribution in [2.24, 2.45) is 5.73 Å². The van der Waals surface area contributed by atoms with Gasteiger partial charge in [0.25, 0.3) is 5.92 Å². The molecule has 0 aliphatic heterocycles. The topological polar surface area (TPSA) is 116 Å². The van der Waals surface area contributed by atoms with Gasteiger partial charge in [-0.15, -0.1) is 0 Å². The number of imidazole rings is 1. The van der Waals surface area contributed by atoms with E-state index in [1.807, 2.05) is 0 Å². The summed E-state index contributed by atoms with van der Waals surface area (Å²) in [6.07, 6.45) is 1.10. The van der Waals surface area contributed by atoms with Crippen LogP contribution >= 0.6 is 0 Å². The Morgan fingerprint density at radius 3 is 2.80 bits per heavy atom. The van der Waals surface area contributed by atoms with Crippen molar-refractivity contribution in [3.63, 3.8) is 0 Å². The van der Waals surface area contributed by atoms with Crippen molar-refractivity contribution in [3.05, 3.63) is 22.1 Å². The summed E-state index contributed by atoms with van der Waals surface area (Å²) in [6, 6.07) is 0. The average molecular weight is 291 g/mol. The van der Waals surface area contributed by atoms with Crippen LogP contribution in [0.15, 0.2) is 6.20 Å². The van der Waals surface area contributed by atoms with Gasteiger partial charge in [-0.2, -0.15) is 0 Å². The van der Waals surface area contributed by atoms with Crippen LogP contribution in [0.2, 0.25) is 0 Å². The predicted molar refractivity (Wildman–Crippen MR) is 65.2 cm³/mol. The number of halogens is 2. The lowest BCUT2D eigenvalue weighted by Crippen LogP contribution is -2.41. The highest BCUT2D eigenvalue weighted by Gasteiger charge is 2.27. The number of aryl methyl sites for hydroxylation is 2. The molecular formula is C10H15F2N5O3. The first kappa shape index (κ1) is 16.0. The van der Waals surface area contributed by atoms with Gasteiger partial charge in [0.05, 0.1) is 13.1 Å². The fourth-order valence-electron chi connectivity index (χ4n) is 1.42. The van der Waals surface area contributed by atoms with Gasteiger partial charge in [-0.25, -0.2) is 8.78 Å². The molecule has 1 aromatic heterocycles. The van der Waals surface area contributed by atoms with E-state index in [4.69, 9.17) is 5.73 Å². The molecule has 0 bridgehead atoms. The molecule has 8 nitrogen and oxygen atoms in total. The highest BCUT2D eigenvalue weighted by molar-refractivity contribution is 5.75. The van der Waals surface area contributed by atoms with Gasteiger partial charge in [-0.1, -0.05) is 0 Å². The van der Waals surface area contributed by atoms with Gasteiger partial charge in [-0.05, 0) is 9.91 Å². The normalized spacial score (nSPS) is 11.4. The van der Waals surface area contributed by atoms with Crippen molar-refractivity contribution in [2.75, 3.05) is 13.1 Å². The van der Waals surface area contributed by atoms with E-state index in [0.717, 1.165) is 0 Å². The van der Waals surface area contributed by atoms with Crippen LogP contribution < -0.4 is 11.1 Å². The van der Waals surface area contributed by atoms with Crippen LogP contribution in [0, 0.1) is 17.0 Å². The SMILES string of the molecule is Cc1nc([N+](=O)[O-])cn1CCC(=O)NCC(F)(F)CN. The number of nitrogens with one attached hydrogen (secondary N) is 1. The van der Waals surface area contributed by atoms with Gasteiger partial charge in [-0.3, -0.25) is 4.79 Å². The number of hydrogen-bond donors (Lipinski definition) is 2. The van der Waals surface area contributed by atoms with Crippen molar-refractivity contribution in [2.45, 2.75) is 25.8 Å². The van der Waals surface area contributed by atoms with E-state index in [1.165, 1.54) is 10.8 Å². The summed E-state index contributed by atoms with van der Waals surface area (Å²) in [5.41, 5.74) is 4.83. The zero-order chi connectivity index (χ0) is 15.3. The molecule has 0 aliphatic carbocycles. The van der Waals surface area contributed by atoms with Crippen molar-refractivity contribution in [3.8, 4) is 0 Å². The van der Waals surface area contributed by atoms with Crippen molar-refractivity contribution in [1.82, 2.24) is 14.9 Å². The number of hydrogen-bond acceptors (Lipinski definition) is 5. The number of carbonyl (C=O) groups excluding carboxylic acids is 1. The number of rotatable bonds is 7. The van der Waals surface area contributed by atoms with Gasteiger partial charge in [0.15, 0.2) is 0 Å². The summed E-state index contributed by atoms with van der Waals surface area (Å²) >= 11 is 0. The molecule has 0 saturated heterocycles. The lowest BCUT2D eigenvalue weighted by atomic mass is 10.3. The summed E-state index contributed by atoms with van der Waals surface area (Å²) in [5.74, 6) is -3.68. The van der Waals surface area contributed by atoms with E-state index in [0.29, 0.717) is 5.82 Å². The first-order valence-electron chi connectivity index (χ1n) is 5.78. The lowest BCUT2D eigenvalue weighted by molar-refractivity contribution is -0.389. The minimum atomic E-state index is -3.14. The molecule has 0 atom stereocenters. The molecule has 0 unspecified atom stereocenters. The van der Waals surface area contributed by atoms with Crippen LogP contribution in [0.4, 0.5) is 14.6 Å². The van der Waals surface area contributed by atoms with E-state index < -0.39 is 29.8 Å². The Hall–Kier alpha value is -2.10. The molecule has 1 rings (SSSR count). The minimum Gasteiger partial charge on any atom is -0.358 e. The van der Waals surface area contributed by atoms with Gasteiger partial charge in [0.1, 0.15) is 6.20 Å². The smallest absolute Gasteiger partial charge is 0.358 e. The molecule has 1 aromatic rings. The third-order valence-corrected chi connectivity index (χ3v) is 2.57. The van der Waals surface area contributed by atoms with E-state index in [9.17, 15) is 23.7 Å². The van der Waals surface area contributed by atoms with Crippen LogP contribution in [0.1, 0.15) is 12.2 Å². The Kier molecular flexibility index (Phi) is 5.08. The molecule has 3 N–H and O–H groups in total. The third-order valence-electron chi connectivity index (χ3n) is 2.57. The molecule has 0 aliphatic rings. The highest BCUT2D eigenvalue weighted by atomic mass is 19.3. The maximum atomic E-state index is 12.8. The zero-order valence-corrected chi connectivity index (χ0v) is 10.8. The van der Waals surface area contributed by atoms with Crippen LogP contribution in [0.5, 0.6) is 0 Å². The zero-order valence-electron chi connectivity index (χ0n) is 10.8. The second-order valence-corrected chi connectivity index (χ2v) is 4.18. The summed E-state index contributed by atoms with van der Waals surface area (Å²) in [5, 5.41) is 12.6. The van der Waals surface area contributed by atoms with Crippen LogP contribution in [0.25, 0.3) is 0 Å². The Bertz CT molecular complexity index is 503. The van der Waals surface area contributed by atoms with E-state index in [-0.39, 0.29) is 18.8 Å². The Balaban J connectivity index is 2.47. The van der Waals surface area contributed by atoms with E-state index in [2.05, 4.69) is 10.3 Å². The van der Waals surface area contributed by atoms with Crippen molar-refractivity contribution in [1.29, 1.82) is 0 Å². The van der Waals surface area contributed by atoms with Gasteiger partial charge >= 0.3 is 5.82 Å². The number of amides is 1.